The van der Waals surface area contributed by atoms with Crippen molar-refractivity contribution < 1.29 is 4.43 Å². The summed E-state index contributed by atoms with van der Waals surface area (Å²) in [7, 11) is -1.61. The molecule has 1 aliphatic rings. The van der Waals surface area contributed by atoms with Crippen LogP contribution in [0.25, 0.3) is 0 Å². The van der Waals surface area contributed by atoms with Crippen LogP contribution in [0.15, 0.2) is 0 Å². The van der Waals surface area contributed by atoms with Crippen molar-refractivity contribution >= 4 is 8.32 Å². The van der Waals surface area contributed by atoms with Gasteiger partial charge in [0, 0.05) is 18.1 Å². The number of hydrogen-bond donors (Lipinski definition) is 0. The van der Waals surface area contributed by atoms with Crippen LogP contribution in [0.2, 0.25) is 18.1 Å². The topological polar surface area (TPSA) is 12.5 Å². The minimum Gasteiger partial charge on any atom is -0.413 e. The molecule has 0 aromatic heterocycles. The molecule has 0 radical (unpaired) electrons. The molecule has 0 aromatic rings. The Hall–Kier alpha value is 0.137. The molecular formula is C15H33NOSi. The van der Waals surface area contributed by atoms with Crippen LogP contribution >= 0.6 is 0 Å². The summed E-state index contributed by atoms with van der Waals surface area (Å²) in [5.74, 6) is 0. The molecule has 2 atom stereocenters. The second-order valence-corrected chi connectivity index (χ2v) is 13.2. The zero-order valence-corrected chi connectivity index (χ0v) is 14.9. The van der Waals surface area contributed by atoms with E-state index in [1.54, 1.807) is 0 Å². The number of rotatable bonds is 2. The summed E-state index contributed by atoms with van der Waals surface area (Å²) in [6.07, 6.45) is 1.61. The van der Waals surface area contributed by atoms with Gasteiger partial charge in [-0.3, -0.25) is 4.90 Å². The molecule has 0 N–H and O–H groups in total. The number of hydrogen-bond acceptors (Lipinski definition) is 2. The third-order valence-electron chi connectivity index (χ3n) is 4.67. The molecule has 1 saturated heterocycles. The molecule has 0 aliphatic carbocycles. The molecule has 108 valence electrons. The molecular weight excluding hydrogens is 238 g/mol. The van der Waals surface area contributed by atoms with Gasteiger partial charge in [0.05, 0.1) is 6.10 Å². The van der Waals surface area contributed by atoms with E-state index in [0.29, 0.717) is 17.2 Å². The summed E-state index contributed by atoms with van der Waals surface area (Å²) in [6.45, 7) is 22.0. The molecule has 0 spiro atoms. The highest BCUT2D eigenvalue weighted by Crippen LogP contribution is 2.39. The fraction of sp³-hybridized carbons (Fsp3) is 1.00. The van der Waals surface area contributed by atoms with Crippen molar-refractivity contribution in [2.24, 2.45) is 0 Å². The molecule has 1 heterocycles. The van der Waals surface area contributed by atoms with Gasteiger partial charge in [-0.2, -0.15) is 0 Å². The van der Waals surface area contributed by atoms with Gasteiger partial charge in [0.25, 0.3) is 0 Å². The molecule has 0 bridgehead atoms. The molecule has 1 aliphatic heterocycles. The first-order valence-electron chi connectivity index (χ1n) is 7.29. The Morgan fingerprint density at radius 2 is 1.56 bits per heavy atom. The van der Waals surface area contributed by atoms with Crippen LogP contribution in [0.4, 0.5) is 0 Å². The van der Waals surface area contributed by atoms with Gasteiger partial charge in [0.2, 0.25) is 0 Å². The van der Waals surface area contributed by atoms with Crippen molar-refractivity contribution in [3.8, 4) is 0 Å². The van der Waals surface area contributed by atoms with Gasteiger partial charge in [0.15, 0.2) is 8.32 Å². The second-order valence-electron chi connectivity index (χ2n) is 8.41. The van der Waals surface area contributed by atoms with E-state index in [2.05, 4.69) is 66.5 Å². The Morgan fingerprint density at radius 3 is 1.89 bits per heavy atom. The van der Waals surface area contributed by atoms with Crippen LogP contribution in [0.1, 0.15) is 54.9 Å². The van der Waals surface area contributed by atoms with Crippen LogP contribution in [-0.2, 0) is 4.43 Å². The highest BCUT2D eigenvalue weighted by molar-refractivity contribution is 6.74. The lowest BCUT2D eigenvalue weighted by Gasteiger charge is -2.39. The molecule has 1 fully saturated rings. The lowest BCUT2D eigenvalue weighted by molar-refractivity contribution is 0.112. The summed E-state index contributed by atoms with van der Waals surface area (Å²) in [4.78, 5) is 2.59. The standard InChI is InChI=1S/C15H33NOSi/c1-12-10-13(11-16(12)14(2,3)4)17-18(8,9)15(5,6)7/h12-13H,10-11H2,1-9H3/t12-,13-/m1/s1. The maximum Gasteiger partial charge on any atom is 0.192 e. The van der Waals surface area contributed by atoms with E-state index in [4.69, 9.17) is 4.43 Å². The summed E-state index contributed by atoms with van der Waals surface area (Å²) in [5, 5.41) is 0.311. The van der Waals surface area contributed by atoms with Gasteiger partial charge in [-0.05, 0) is 52.2 Å². The molecule has 2 nitrogen and oxygen atoms in total. The monoisotopic (exact) mass is 271 g/mol. The zero-order chi connectivity index (χ0) is 14.4. The lowest BCUT2D eigenvalue weighted by atomic mass is 10.1. The molecule has 0 amide bonds. The summed E-state index contributed by atoms with van der Waals surface area (Å²) < 4.78 is 6.56. The Labute approximate surface area is 115 Å². The van der Waals surface area contributed by atoms with E-state index >= 15 is 0 Å². The molecule has 18 heavy (non-hydrogen) atoms. The third kappa shape index (κ3) is 3.58. The predicted octanol–water partition coefficient (Wildman–Crippen LogP) is 4.27. The van der Waals surface area contributed by atoms with E-state index in [1.165, 1.54) is 6.42 Å². The van der Waals surface area contributed by atoms with Gasteiger partial charge in [-0.15, -0.1) is 0 Å². The predicted molar refractivity (Wildman–Crippen MR) is 82.6 cm³/mol. The van der Waals surface area contributed by atoms with Crippen LogP contribution in [-0.4, -0.2) is 37.4 Å². The van der Waals surface area contributed by atoms with E-state index < -0.39 is 8.32 Å². The fourth-order valence-corrected chi connectivity index (χ4v) is 3.95. The minimum atomic E-state index is -1.61. The van der Waals surface area contributed by atoms with Gasteiger partial charge < -0.3 is 4.43 Å². The van der Waals surface area contributed by atoms with Crippen molar-refractivity contribution in [1.82, 2.24) is 4.90 Å². The first-order valence-corrected chi connectivity index (χ1v) is 10.2. The Balaban J connectivity index is 2.68. The summed E-state index contributed by atoms with van der Waals surface area (Å²) >= 11 is 0. The second kappa shape index (κ2) is 4.91. The van der Waals surface area contributed by atoms with Crippen molar-refractivity contribution in [2.75, 3.05) is 6.54 Å². The number of likely N-dealkylation sites (tertiary alicyclic amines) is 1. The van der Waals surface area contributed by atoms with Gasteiger partial charge in [0.1, 0.15) is 0 Å². The van der Waals surface area contributed by atoms with Crippen LogP contribution < -0.4 is 0 Å². The summed E-state index contributed by atoms with van der Waals surface area (Å²) in [6, 6.07) is 0.639. The van der Waals surface area contributed by atoms with Gasteiger partial charge in [-0.1, -0.05) is 20.8 Å². The average molecular weight is 272 g/mol. The Kier molecular flexibility index (Phi) is 4.42. The highest BCUT2D eigenvalue weighted by Gasteiger charge is 2.43. The lowest BCUT2D eigenvalue weighted by Crippen LogP contribution is -2.46. The van der Waals surface area contributed by atoms with Crippen molar-refractivity contribution in [3.05, 3.63) is 0 Å². The van der Waals surface area contributed by atoms with E-state index in [0.717, 1.165) is 6.54 Å². The third-order valence-corrected chi connectivity index (χ3v) is 9.20. The van der Waals surface area contributed by atoms with Crippen molar-refractivity contribution in [2.45, 2.75) is 90.7 Å². The van der Waals surface area contributed by atoms with Crippen LogP contribution in [0.3, 0.4) is 0 Å². The van der Waals surface area contributed by atoms with Crippen LogP contribution in [0.5, 0.6) is 0 Å². The normalized spacial score (nSPS) is 27.8. The average Bonchev–Trinajstić information content (AvgIpc) is 2.42. The first kappa shape index (κ1) is 16.2. The highest BCUT2D eigenvalue weighted by atomic mass is 28.4. The number of nitrogens with zero attached hydrogens (tertiary/aromatic N) is 1. The van der Waals surface area contributed by atoms with E-state index in [-0.39, 0.29) is 5.54 Å². The largest absolute Gasteiger partial charge is 0.413 e. The Bertz CT molecular complexity index is 288. The van der Waals surface area contributed by atoms with E-state index in [1.807, 2.05) is 0 Å². The molecule has 0 saturated carbocycles. The van der Waals surface area contributed by atoms with Gasteiger partial charge in [-0.25, -0.2) is 0 Å². The zero-order valence-electron chi connectivity index (χ0n) is 13.9. The van der Waals surface area contributed by atoms with Crippen molar-refractivity contribution in [1.29, 1.82) is 0 Å². The quantitative estimate of drug-likeness (QED) is 0.696. The maximum absolute atomic E-state index is 6.56. The summed E-state index contributed by atoms with van der Waals surface area (Å²) in [5.41, 5.74) is 0.255. The Morgan fingerprint density at radius 1 is 1.06 bits per heavy atom. The SMILES string of the molecule is C[C@@H]1C[C@@H](O[Si](C)(C)C(C)(C)C)CN1C(C)(C)C. The fourth-order valence-electron chi connectivity index (χ4n) is 2.60. The van der Waals surface area contributed by atoms with Gasteiger partial charge >= 0.3 is 0 Å². The smallest absolute Gasteiger partial charge is 0.192 e. The van der Waals surface area contributed by atoms with E-state index in [9.17, 15) is 0 Å². The van der Waals surface area contributed by atoms with Crippen LogP contribution in [0, 0.1) is 0 Å². The molecule has 3 heteroatoms. The molecule has 0 unspecified atom stereocenters. The minimum absolute atomic E-state index is 0.255. The maximum atomic E-state index is 6.56. The molecule has 1 rings (SSSR count). The first-order chi connectivity index (χ1) is 7.84. The van der Waals surface area contributed by atoms with Crippen molar-refractivity contribution in [3.63, 3.8) is 0 Å². The molecule has 0 aromatic carbocycles.